The van der Waals surface area contributed by atoms with Crippen molar-refractivity contribution in [2.75, 3.05) is 12.8 Å². The molecule has 3 N–H and O–H groups in total. The summed E-state index contributed by atoms with van der Waals surface area (Å²) < 4.78 is 26.1. The van der Waals surface area contributed by atoms with Gasteiger partial charge in [-0.1, -0.05) is 18.9 Å². The summed E-state index contributed by atoms with van der Waals surface area (Å²) in [4.78, 5) is 28.1. The number of hydrogen-bond donors (Lipinski definition) is 2. The van der Waals surface area contributed by atoms with Crippen LogP contribution in [-0.4, -0.2) is 49.9 Å². The first-order chi connectivity index (χ1) is 14.7. The molecule has 0 bridgehead atoms. The largest absolute Gasteiger partial charge is 0.332 e. The number of nitriles is 1. The Bertz CT molecular complexity index is 986. The Morgan fingerprint density at radius 3 is 2.65 bits per heavy atom. The number of sulfonamides is 1. The molecular formula is C22H30N4O4S. The molecule has 1 saturated heterocycles. The van der Waals surface area contributed by atoms with E-state index in [4.69, 9.17) is 5.73 Å². The summed E-state index contributed by atoms with van der Waals surface area (Å²) in [7, 11) is -3.35. The molecular weight excluding hydrogens is 416 g/mol. The lowest BCUT2D eigenvalue weighted by Gasteiger charge is -2.33. The van der Waals surface area contributed by atoms with Crippen LogP contribution in [0.1, 0.15) is 66.4 Å². The normalized spacial score (nSPS) is 24.0. The Kier molecular flexibility index (Phi) is 7.46. The molecule has 2 fully saturated rings. The number of carbonyl (C=O) groups is 2. The highest BCUT2D eigenvalue weighted by molar-refractivity contribution is 7.88. The van der Waals surface area contributed by atoms with Gasteiger partial charge in [0.15, 0.2) is 5.78 Å². The van der Waals surface area contributed by atoms with Crippen LogP contribution in [0.15, 0.2) is 18.2 Å². The molecule has 1 aromatic rings. The summed E-state index contributed by atoms with van der Waals surface area (Å²) in [6.07, 6.45) is 6.05. The monoisotopic (exact) mass is 446 g/mol. The Labute approximate surface area is 183 Å². The third-order valence-corrected chi connectivity index (χ3v) is 7.04. The van der Waals surface area contributed by atoms with E-state index in [9.17, 15) is 23.3 Å². The van der Waals surface area contributed by atoms with Crippen LogP contribution in [0.3, 0.4) is 0 Å². The SMILES string of the molecule is CS(=O)(=O)NC1CCCC[C@@H]1CC(=O)N1CCC[C@H]1C(=O)c1cc(C#N)ccc1CN. The van der Waals surface area contributed by atoms with Crippen molar-refractivity contribution >= 4 is 21.7 Å². The van der Waals surface area contributed by atoms with Crippen molar-refractivity contribution in [2.45, 2.75) is 63.6 Å². The van der Waals surface area contributed by atoms with E-state index in [-0.39, 0.29) is 36.6 Å². The lowest BCUT2D eigenvalue weighted by molar-refractivity contribution is -0.132. The number of nitrogens with zero attached hydrogens (tertiary/aromatic N) is 2. The van der Waals surface area contributed by atoms with Gasteiger partial charge >= 0.3 is 0 Å². The second-order valence-electron chi connectivity index (χ2n) is 8.54. The molecule has 2 aliphatic rings. The van der Waals surface area contributed by atoms with Crippen molar-refractivity contribution < 1.29 is 18.0 Å². The first kappa shape index (κ1) is 23.4. The van der Waals surface area contributed by atoms with Crippen molar-refractivity contribution in [3.63, 3.8) is 0 Å². The highest BCUT2D eigenvalue weighted by Gasteiger charge is 2.37. The molecule has 1 aliphatic carbocycles. The van der Waals surface area contributed by atoms with Gasteiger partial charge in [0.2, 0.25) is 15.9 Å². The van der Waals surface area contributed by atoms with E-state index in [2.05, 4.69) is 4.72 Å². The van der Waals surface area contributed by atoms with Crippen LogP contribution in [0.2, 0.25) is 0 Å². The van der Waals surface area contributed by atoms with Crippen molar-refractivity contribution in [1.82, 2.24) is 9.62 Å². The quantitative estimate of drug-likeness (QED) is 0.612. The fourth-order valence-electron chi connectivity index (χ4n) is 4.79. The Morgan fingerprint density at radius 1 is 1.23 bits per heavy atom. The minimum Gasteiger partial charge on any atom is -0.332 e. The van der Waals surface area contributed by atoms with Crippen LogP contribution in [0.4, 0.5) is 0 Å². The number of carbonyl (C=O) groups excluding carboxylic acids is 2. The van der Waals surface area contributed by atoms with Gasteiger partial charge in [0.05, 0.1) is 23.9 Å². The van der Waals surface area contributed by atoms with Gasteiger partial charge in [-0.2, -0.15) is 5.26 Å². The number of nitrogens with one attached hydrogen (secondary N) is 1. The summed E-state index contributed by atoms with van der Waals surface area (Å²) in [5.74, 6) is -0.375. The average molecular weight is 447 g/mol. The first-order valence-electron chi connectivity index (χ1n) is 10.8. The number of benzene rings is 1. The van der Waals surface area contributed by atoms with Crippen LogP contribution < -0.4 is 10.5 Å². The Balaban J connectivity index is 1.76. The van der Waals surface area contributed by atoms with E-state index < -0.39 is 16.1 Å². The molecule has 1 saturated carbocycles. The molecule has 0 aromatic heterocycles. The maximum atomic E-state index is 13.3. The number of rotatable bonds is 7. The van der Waals surface area contributed by atoms with Crippen molar-refractivity contribution in [2.24, 2.45) is 11.7 Å². The average Bonchev–Trinajstić information content (AvgIpc) is 3.23. The molecule has 9 heteroatoms. The van der Waals surface area contributed by atoms with Crippen LogP contribution in [-0.2, 0) is 21.4 Å². The number of nitrogens with two attached hydrogens (primary N) is 1. The van der Waals surface area contributed by atoms with Gasteiger partial charge in [-0.25, -0.2) is 13.1 Å². The molecule has 168 valence electrons. The van der Waals surface area contributed by atoms with Crippen molar-refractivity contribution in [3.05, 3.63) is 34.9 Å². The van der Waals surface area contributed by atoms with Crippen LogP contribution in [0, 0.1) is 17.2 Å². The van der Waals surface area contributed by atoms with Crippen LogP contribution >= 0.6 is 0 Å². The second kappa shape index (κ2) is 9.90. The van der Waals surface area contributed by atoms with Crippen LogP contribution in [0.5, 0.6) is 0 Å². The zero-order valence-corrected chi connectivity index (χ0v) is 18.7. The molecule has 31 heavy (non-hydrogen) atoms. The standard InChI is InChI=1S/C22H30N4O4S/c1-31(29,30)25-19-6-3-2-5-16(19)12-21(27)26-10-4-7-20(26)22(28)18-11-15(13-23)8-9-17(18)14-24/h8-9,11,16,19-20,25H,2-7,10,12,14,24H2,1H3/t16-,19?,20+/m1/s1. The van der Waals surface area contributed by atoms with E-state index in [1.165, 1.54) is 0 Å². The van der Waals surface area contributed by atoms with E-state index in [1.807, 2.05) is 6.07 Å². The third-order valence-electron chi connectivity index (χ3n) is 6.31. The topological polar surface area (TPSA) is 133 Å². The smallest absolute Gasteiger partial charge is 0.223 e. The van der Waals surface area contributed by atoms with E-state index >= 15 is 0 Å². The number of amides is 1. The van der Waals surface area contributed by atoms with E-state index in [0.717, 1.165) is 31.9 Å². The zero-order chi connectivity index (χ0) is 22.6. The molecule has 1 heterocycles. The van der Waals surface area contributed by atoms with Crippen molar-refractivity contribution in [1.29, 1.82) is 5.26 Å². The van der Waals surface area contributed by atoms with Gasteiger partial charge in [0, 0.05) is 31.1 Å². The molecule has 8 nitrogen and oxygen atoms in total. The molecule has 0 radical (unpaired) electrons. The number of ketones is 1. The predicted octanol–water partition coefficient (Wildman–Crippen LogP) is 1.69. The minimum atomic E-state index is -3.35. The van der Waals surface area contributed by atoms with Crippen molar-refractivity contribution in [3.8, 4) is 6.07 Å². The fraction of sp³-hybridized carbons (Fsp3) is 0.591. The van der Waals surface area contributed by atoms with Gasteiger partial charge in [-0.3, -0.25) is 9.59 Å². The summed E-state index contributed by atoms with van der Waals surface area (Å²) in [5.41, 5.74) is 7.24. The van der Waals surface area contributed by atoms with Gasteiger partial charge in [0.25, 0.3) is 0 Å². The predicted molar refractivity (Wildman–Crippen MR) is 116 cm³/mol. The third kappa shape index (κ3) is 5.70. The zero-order valence-electron chi connectivity index (χ0n) is 17.8. The summed E-state index contributed by atoms with van der Waals surface area (Å²) in [6.45, 7) is 0.677. The number of likely N-dealkylation sites (tertiary alicyclic amines) is 1. The second-order valence-corrected chi connectivity index (χ2v) is 10.3. The number of hydrogen-bond acceptors (Lipinski definition) is 6. The first-order valence-corrected chi connectivity index (χ1v) is 12.7. The number of Topliss-reactive ketones (excluding diaryl/α,β-unsaturated/α-hetero) is 1. The molecule has 1 unspecified atom stereocenters. The molecule has 1 aromatic carbocycles. The summed E-state index contributed by atoms with van der Waals surface area (Å²) in [5, 5.41) is 9.19. The highest BCUT2D eigenvalue weighted by Crippen LogP contribution is 2.30. The van der Waals surface area contributed by atoms with Gasteiger partial charge in [-0.05, 0) is 49.3 Å². The molecule has 1 amide bonds. The Morgan fingerprint density at radius 2 is 1.97 bits per heavy atom. The van der Waals surface area contributed by atoms with Gasteiger partial charge < -0.3 is 10.6 Å². The lowest BCUT2D eigenvalue weighted by Crippen LogP contribution is -2.46. The van der Waals surface area contributed by atoms with Gasteiger partial charge in [-0.15, -0.1) is 0 Å². The highest BCUT2D eigenvalue weighted by atomic mass is 32.2. The minimum absolute atomic E-state index is 0.0751. The van der Waals surface area contributed by atoms with Gasteiger partial charge in [0.1, 0.15) is 0 Å². The Hall–Kier alpha value is -2.28. The lowest BCUT2D eigenvalue weighted by atomic mass is 9.82. The molecule has 1 aliphatic heterocycles. The fourth-order valence-corrected chi connectivity index (χ4v) is 5.65. The maximum absolute atomic E-state index is 13.3. The molecule has 0 spiro atoms. The van der Waals surface area contributed by atoms with Crippen LogP contribution in [0.25, 0.3) is 0 Å². The molecule has 3 atom stereocenters. The van der Waals surface area contributed by atoms with E-state index in [1.54, 1.807) is 23.1 Å². The maximum Gasteiger partial charge on any atom is 0.223 e. The summed E-state index contributed by atoms with van der Waals surface area (Å²) >= 11 is 0. The molecule has 3 rings (SSSR count). The van der Waals surface area contributed by atoms with E-state index in [0.29, 0.717) is 36.1 Å². The summed E-state index contributed by atoms with van der Waals surface area (Å²) in [6, 6.07) is 6.10.